The fourth-order valence-electron chi connectivity index (χ4n) is 5.26. The number of hydrogen-bond acceptors (Lipinski definition) is 11. The van der Waals surface area contributed by atoms with E-state index in [2.05, 4.69) is 36.9 Å². The van der Waals surface area contributed by atoms with Crippen LogP contribution in [0.5, 0.6) is 0 Å². The van der Waals surface area contributed by atoms with Crippen LogP contribution in [0.15, 0.2) is 4.99 Å². The van der Waals surface area contributed by atoms with E-state index in [-0.39, 0.29) is 37.7 Å². The Labute approximate surface area is 331 Å². The predicted molar refractivity (Wildman–Crippen MR) is 206 cm³/mol. The lowest BCUT2D eigenvalue weighted by Crippen LogP contribution is -2.61. The van der Waals surface area contributed by atoms with Gasteiger partial charge >= 0.3 is 17.9 Å². The van der Waals surface area contributed by atoms with Gasteiger partial charge in [-0.2, -0.15) is 0 Å². The number of carboxylic acids is 3. The van der Waals surface area contributed by atoms with E-state index < -0.39 is 127 Å². The number of nitrogens with two attached hydrogens (primary N) is 3. The highest BCUT2D eigenvalue weighted by Gasteiger charge is 2.36. The van der Waals surface area contributed by atoms with Gasteiger partial charge in [0.25, 0.3) is 0 Å². The van der Waals surface area contributed by atoms with Crippen LogP contribution in [0.1, 0.15) is 92.9 Å². The van der Waals surface area contributed by atoms with Crippen LogP contribution < -0.4 is 49.1 Å². The second-order valence-corrected chi connectivity index (χ2v) is 14.3. The van der Waals surface area contributed by atoms with Crippen molar-refractivity contribution >= 4 is 59.3 Å². The van der Waals surface area contributed by atoms with E-state index in [1.54, 1.807) is 41.5 Å². The molecule has 8 atom stereocenters. The second-order valence-electron chi connectivity index (χ2n) is 14.3. The van der Waals surface area contributed by atoms with Crippen molar-refractivity contribution in [2.24, 2.45) is 39.9 Å². The molecule has 0 heterocycles. The summed E-state index contributed by atoms with van der Waals surface area (Å²) < 4.78 is 0. The number of aliphatic carboxylic acids is 3. The third-order valence-corrected chi connectivity index (χ3v) is 8.94. The predicted octanol–water partition coefficient (Wildman–Crippen LogP) is -2.53. The van der Waals surface area contributed by atoms with Crippen molar-refractivity contribution in [1.82, 2.24) is 31.9 Å². The van der Waals surface area contributed by atoms with Gasteiger partial charge in [0.1, 0.15) is 30.2 Å². The van der Waals surface area contributed by atoms with Gasteiger partial charge in [-0.3, -0.25) is 43.3 Å². The summed E-state index contributed by atoms with van der Waals surface area (Å²) in [7, 11) is 0. The summed E-state index contributed by atoms with van der Waals surface area (Å²) in [6, 6.07) is -8.00. The maximum atomic E-state index is 13.9. The molecule has 0 aliphatic rings. The normalized spacial score (nSPS) is 15.2. The fraction of sp³-hybridized carbons (Fsp3) is 0.714. The standard InChI is InChI=1S/C35H62N10O12/c1-7-18(5)27(32(54)43-23(14-17(3)4)31(53)42-22(34(56)57)10-9-13-39-35(37)38)45-33(55)28(19(6)8-2)44-30(52)21(11-12-25(47)48)41-24(46)16-40-29(51)20(36)15-26(49)50/h17-23,27-28H,7-16,36H2,1-6H3,(H,40,51)(H,41,46)(H,42,53)(H,43,54)(H,44,52)(H,45,55)(H,47,48)(H,49,50)(H,56,57)(H4,37,38,39)/t18-,19-,20-,21-,22-,23-,27-,28-/m0/s1. The Morgan fingerprint density at radius 1 is 0.632 bits per heavy atom. The van der Waals surface area contributed by atoms with Crippen molar-refractivity contribution in [2.75, 3.05) is 13.1 Å². The van der Waals surface area contributed by atoms with Gasteiger partial charge in [0.15, 0.2) is 5.96 Å². The molecule has 0 rings (SSSR count). The first-order valence-electron chi connectivity index (χ1n) is 18.8. The molecule has 57 heavy (non-hydrogen) atoms. The topological polar surface area (TPSA) is 377 Å². The minimum Gasteiger partial charge on any atom is -0.481 e. The zero-order valence-corrected chi connectivity index (χ0v) is 33.5. The first-order chi connectivity index (χ1) is 26.5. The summed E-state index contributed by atoms with van der Waals surface area (Å²) >= 11 is 0. The van der Waals surface area contributed by atoms with Crippen molar-refractivity contribution in [1.29, 1.82) is 0 Å². The number of rotatable bonds is 28. The lowest BCUT2D eigenvalue weighted by Gasteiger charge is -2.31. The number of amides is 6. The van der Waals surface area contributed by atoms with Crippen LogP contribution in [0.3, 0.4) is 0 Å². The van der Waals surface area contributed by atoms with Crippen molar-refractivity contribution in [3.05, 3.63) is 0 Å². The summed E-state index contributed by atoms with van der Waals surface area (Å²) in [6.45, 7) is 9.82. The van der Waals surface area contributed by atoms with Crippen molar-refractivity contribution in [3.63, 3.8) is 0 Å². The third-order valence-electron chi connectivity index (χ3n) is 8.94. The summed E-state index contributed by atoms with van der Waals surface area (Å²) in [4.78, 5) is 117. The molecule has 0 spiro atoms. The number of hydrogen-bond donors (Lipinski definition) is 12. The van der Waals surface area contributed by atoms with Gasteiger partial charge in [0.2, 0.25) is 35.4 Å². The average molecular weight is 815 g/mol. The molecule has 0 aliphatic carbocycles. The molecule has 0 aliphatic heterocycles. The molecule has 0 fully saturated rings. The van der Waals surface area contributed by atoms with Crippen molar-refractivity contribution < 1.29 is 58.5 Å². The summed E-state index contributed by atoms with van der Waals surface area (Å²) in [5.74, 6) is -10.4. The Balaban J connectivity index is 6.17. The molecule has 6 amide bonds. The summed E-state index contributed by atoms with van der Waals surface area (Å²) in [5, 5.41) is 42.6. The maximum absolute atomic E-state index is 13.9. The van der Waals surface area contributed by atoms with Crippen molar-refractivity contribution in [3.8, 4) is 0 Å². The summed E-state index contributed by atoms with van der Waals surface area (Å²) in [5.41, 5.74) is 16.1. The molecule has 0 aromatic carbocycles. The lowest BCUT2D eigenvalue weighted by atomic mass is 9.94. The van der Waals surface area contributed by atoms with E-state index in [0.717, 1.165) is 0 Å². The van der Waals surface area contributed by atoms with Crippen LogP contribution in [-0.4, -0.2) is 124 Å². The highest BCUT2D eigenvalue weighted by molar-refractivity contribution is 5.97. The largest absolute Gasteiger partial charge is 0.481 e. The highest BCUT2D eigenvalue weighted by Crippen LogP contribution is 2.15. The number of guanidine groups is 1. The molecule has 0 saturated carbocycles. The van der Waals surface area contributed by atoms with E-state index >= 15 is 0 Å². The zero-order chi connectivity index (χ0) is 44.0. The van der Waals surface area contributed by atoms with Crippen LogP contribution in [0.4, 0.5) is 0 Å². The van der Waals surface area contributed by atoms with Gasteiger partial charge in [-0.15, -0.1) is 0 Å². The Kier molecular flexibility index (Phi) is 23.8. The number of carbonyl (C=O) groups is 9. The van der Waals surface area contributed by atoms with Gasteiger partial charge in [0, 0.05) is 13.0 Å². The van der Waals surface area contributed by atoms with Crippen LogP contribution in [0.25, 0.3) is 0 Å². The molecule has 0 bridgehead atoms. The van der Waals surface area contributed by atoms with Crippen LogP contribution in [0.2, 0.25) is 0 Å². The van der Waals surface area contributed by atoms with Gasteiger partial charge in [-0.1, -0.05) is 54.4 Å². The number of nitrogens with one attached hydrogen (secondary N) is 6. The van der Waals surface area contributed by atoms with Crippen molar-refractivity contribution in [2.45, 2.75) is 129 Å². The SMILES string of the molecule is CC[C@H](C)[C@H](NC(=O)[C@H](CCC(=O)O)NC(=O)CNC(=O)[C@@H](N)CC(=O)O)C(=O)N[C@H](C(=O)N[C@@H](CC(C)C)C(=O)N[C@@H](CCCN=C(N)N)C(=O)O)[C@@H](C)CC. The molecule has 0 radical (unpaired) electrons. The Morgan fingerprint density at radius 2 is 1.14 bits per heavy atom. The molecule has 0 unspecified atom stereocenters. The zero-order valence-electron chi connectivity index (χ0n) is 33.5. The first-order valence-corrected chi connectivity index (χ1v) is 18.8. The second kappa shape index (κ2) is 26.3. The molecular weight excluding hydrogens is 752 g/mol. The fourth-order valence-corrected chi connectivity index (χ4v) is 5.26. The minimum absolute atomic E-state index is 0.00478. The molecule has 22 nitrogen and oxygen atoms in total. The first kappa shape index (κ1) is 51.5. The molecule has 0 aromatic heterocycles. The van der Waals surface area contributed by atoms with Gasteiger partial charge in [-0.25, -0.2) is 4.79 Å². The molecule has 15 N–H and O–H groups in total. The summed E-state index contributed by atoms with van der Waals surface area (Å²) in [6.07, 6.45) is -0.602. The lowest BCUT2D eigenvalue weighted by molar-refractivity contribution is -0.142. The maximum Gasteiger partial charge on any atom is 0.326 e. The third kappa shape index (κ3) is 20.8. The van der Waals surface area contributed by atoms with Crippen LogP contribution in [-0.2, 0) is 43.2 Å². The quantitative estimate of drug-likeness (QED) is 0.0220. The van der Waals surface area contributed by atoms with Gasteiger partial charge < -0.3 is 64.4 Å². The van der Waals surface area contributed by atoms with E-state index in [1.807, 2.05) is 0 Å². The van der Waals surface area contributed by atoms with Crippen LogP contribution >= 0.6 is 0 Å². The number of carboxylic acid groups (broad SMARTS) is 3. The van der Waals surface area contributed by atoms with E-state index in [9.17, 15) is 53.4 Å². The minimum atomic E-state index is -1.50. The number of nitrogens with zero attached hydrogens (tertiary/aromatic N) is 1. The van der Waals surface area contributed by atoms with Crippen LogP contribution in [0, 0.1) is 17.8 Å². The van der Waals surface area contributed by atoms with Gasteiger partial charge in [0.05, 0.1) is 19.0 Å². The molecular formula is C35H62N10O12. The van der Waals surface area contributed by atoms with E-state index in [4.69, 9.17) is 22.3 Å². The number of aliphatic imine (C=N–C) groups is 1. The van der Waals surface area contributed by atoms with Gasteiger partial charge in [-0.05, 0) is 43.4 Å². The Bertz CT molecular complexity index is 1440. The van der Waals surface area contributed by atoms with E-state index in [1.165, 1.54) is 0 Å². The Hall–Kier alpha value is -5.54. The highest BCUT2D eigenvalue weighted by atomic mass is 16.4. The Morgan fingerprint density at radius 3 is 1.61 bits per heavy atom. The number of carbonyl (C=O) groups excluding carboxylic acids is 6. The molecule has 0 saturated heterocycles. The smallest absolute Gasteiger partial charge is 0.326 e. The monoisotopic (exact) mass is 814 g/mol. The molecule has 22 heteroatoms. The molecule has 0 aromatic rings. The van der Waals surface area contributed by atoms with E-state index in [0.29, 0.717) is 12.8 Å². The average Bonchev–Trinajstić information content (AvgIpc) is 3.12. The molecule has 324 valence electrons.